The van der Waals surface area contributed by atoms with E-state index in [2.05, 4.69) is 31.1 Å². The number of anilines is 1. The number of nitrogens with zero attached hydrogens (tertiary/aromatic N) is 3. The standard InChI is InChI=1S/C18H25F3N6O.HI/c1-4-22-17(26-11-13-10-15(12(2)3)27-28-13)25-9-8-24-16-14(18(19,20)21)6-5-7-23-16;/h5-7,10,12H,4,8-9,11H2,1-3H3,(H,23,24)(H2,22,25,26);1H. The molecule has 0 bridgehead atoms. The van der Waals surface area contributed by atoms with Crippen molar-refractivity contribution in [1.82, 2.24) is 20.8 Å². The molecule has 3 N–H and O–H groups in total. The predicted octanol–water partition coefficient (Wildman–Crippen LogP) is 4.00. The van der Waals surface area contributed by atoms with Crippen LogP contribution in [0.4, 0.5) is 19.0 Å². The molecule has 11 heteroatoms. The lowest BCUT2D eigenvalue weighted by molar-refractivity contribution is -0.137. The maximum Gasteiger partial charge on any atom is 0.419 e. The molecule has 0 unspecified atom stereocenters. The first kappa shape index (κ1) is 25.0. The van der Waals surface area contributed by atoms with Gasteiger partial charge in [-0.2, -0.15) is 13.2 Å². The number of hydrogen-bond donors (Lipinski definition) is 3. The molecule has 0 saturated carbocycles. The van der Waals surface area contributed by atoms with E-state index < -0.39 is 11.7 Å². The number of hydrogen-bond acceptors (Lipinski definition) is 5. The van der Waals surface area contributed by atoms with Crippen molar-refractivity contribution in [2.45, 2.75) is 39.4 Å². The van der Waals surface area contributed by atoms with Crippen molar-refractivity contribution < 1.29 is 17.7 Å². The van der Waals surface area contributed by atoms with Crippen LogP contribution in [-0.2, 0) is 12.7 Å². The maximum absolute atomic E-state index is 13.0. The van der Waals surface area contributed by atoms with Crippen LogP contribution in [0.3, 0.4) is 0 Å². The van der Waals surface area contributed by atoms with Crippen LogP contribution in [0.15, 0.2) is 33.9 Å². The van der Waals surface area contributed by atoms with Gasteiger partial charge in [0.1, 0.15) is 12.4 Å². The number of aromatic nitrogens is 2. The number of nitrogens with one attached hydrogen (secondary N) is 3. The smallest absolute Gasteiger partial charge is 0.368 e. The van der Waals surface area contributed by atoms with Crippen molar-refractivity contribution in [3.05, 3.63) is 41.4 Å². The summed E-state index contributed by atoms with van der Waals surface area (Å²) in [5.74, 6) is 1.25. The summed E-state index contributed by atoms with van der Waals surface area (Å²) in [4.78, 5) is 8.16. The summed E-state index contributed by atoms with van der Waals surface area (Å²) in [6.45, 7) is 7.51. The molecular formula is C18H26F3IN6O. The van der Waals surface area contributed by atoms with E-state index in [1.165, 1.54) is 12.3 Å². The SMILES string of the molecule is CCNC(=NCc1cc(C(C)C)no1)NCCNc1ncccc1C(F)(F)F.I. The van der Waals surface area contributed by atoms with Gasteiger partial charge in [0.05, 0.1) is 11.3 Å². The first-order valence-corrected chi connectivity index (χ1v) is 9.05. The highest BCUT2D eigenvalue weighted by Gasteiger charge is 2.33. The normalized spacial score (nSPS) is 11.9. The Morgan fingerprint density at radius 3 is 2.62 bits per heavy atom. The van der Waals surface area contributed by atoms with Gasteiger partial charge in [0.2, 0.25) is 0 Å². The summed E-state index contributed by atoms with van der Waals surface area (Å²) in [5, 5.41) is 12.8. The van der Waals surface area contributed by atoms with Crippen LogP contribution in [0.25, 0.3) is 0 Å². The molecule has 0 saturated heterocycles. The Kier molecular flexibility index (Phi) is 10.2. The molecule has 2 rings (SSSR count). The van der Waals surface area contributed by atoms with Gasteiger partial charge in [0.15, 0.2) is 11.7 Å². The van der Waals surface area contributed by atoms with Gasteiger partial charge in [-0.3, -0.25) is 0 Å². The number of alkyl halides is 3. The second-order valence-corrected chi connectivity index (χ2v) is 6.32. The molecule has 2 heterocycles. The van der Waals surface area contributed by atoms with E-state index in [-0.39, 0.29) is 42.3 Å². The van der Waals surface area contributed by atoms with Gasteiger partial charge in [-0.25, -0.2) is 9.98 Å². The molecule has 7 nitrogen and oxygen atoms in total. The van der Waals surface area contributed by atoms with Gasteiger partial charge in [-0.05, 0) is 25.0 Å². The Labute approximate surface area is 185 Å². The van der Waals surface area contributed by atoms with Crippen molar-refractivity contribution in [2.75, 3.05) is 25.0 Å². The fraction of sp³-hybridized carbons (Fsp3) is 0.500. The lowest BCUT2D eigenvalue weighted by atomic mass is 10.1. The van der Waals surface area contributed by atoms with Gasteiger partial charge in [0.25, 0.3) is 0 Å². The molecule has 0 fully saturated rings. The highest BCUT2D eigenvalue weighted by atomic mass is 127. The Hall–Kier alpha value is -2.05. The monoisotopic (exact) mass is 526 g/mol. The molecule has 0 aromatic carbocycles. The summed E-state index contributed by atoms with van der Waals surface area (Å²) in [6.07, 6.45) is -3.13. The van der Waals surface area contributed by atoms with Gasteiger partial charge in [0, 0.05) is 31.9 Å². The second kappa shape index (κ2) is 11.8. The largest absolute Gasteiger partial charge is 0.419 e. The average molecular weight is 526 g/mol. The lowest BCUT2D eigenvalue weighted by Gasteiger charge is -2.14. The molecule has 162 valence electrons. The Bertz CT molecular complexity index is 779. The average Bonchev–Trinajstić information content (AvgIpc) is 3.12. The molecule has 2 aromatic rings. The van der Waals surface area contributed by atoms with E-state index in [1.807, 2.05) is 26.8 Å². The van der Waals surface area contributed by atoms with Gasteiger partial charge in [-0.1, -0.05) is 19.0 Å². The molecule has 2 aromatic heterocycles. The molecule has 0 aliphatic rings. The third-order valence-corrected chi connectivity index (χ3v) is 3.73. The van der Waals surface area contributed by atoms with E-state index in [0.717, 1.165) is 11.8 Å². The van der Waals surface area contributed by atoms with Crippen molar-refractivity contribution in [2.24, 2.45) is 4.99 Å². The topological polar surface area (TPSA) is 87.4 Å². The molecule has 0 atom stereocenters. The third-order valence-electron chi connectivity index (χ3n) is 3.73. The quantitative estimate of drug-likeness (QED) is 0.209. The molecule has 29 heavy (non-hydrogen) atoms. The first-order chi connectivity index (χ1) is 13.3. The number of pyridine rings is 1. The van der Waals surface area contributed by atoms with Crippen molar-refractivity contribution in [1.29, 1.82) is 0 Å². The van der Waals surface area contributed by atoms with Gasteiger partial charge in [-0.15, -0.1) is 24.0 Å². The Morgan fingerprint density at radius 1 is 1.24 bits per heavy atom. The van der Waals surface area contributed by atoms with Gasteiger partial charge < -0.3 is 20.5 Å². The van der Waals surface area contributed by atoms with E-state index in [0.29, 0.717) is 31.4 Å². The van der Waals surface area contributed by atoms with Crippen LogP contribution in [0.1, 0.15) is 43.7 Å². The van der Waals surface area contributed by atoms with E-state index in [9.17, 15) is 13.2 Å². The predicted molar refractivity (Wildman–Crippen MR) is 117 cm³/mol. The van der Waals surface area contributed by atoms with Crippen LogP contribution >= 0.6 is 24.0 Å². The van der Waals surface area contributed by atoms with Crippen LogP contribution in [0.5, 0.6) is 0 Å². The minimum Gasteiger partial charge on any atom is -0.368 e. The van der Waals surface area contributed by atoms with Crippen molar-refractivity contribution in [3.8, 4) is 0 Å². The van der Waals surface area contributed by atoms with Crippen LogP contribution < -0.4 is 16.0 Å². The second-order valence-electron chi connectivity index (χ2n) is 6.32. The molecule has 0 spiro atoms. The highest BCUT2D eigenvalue weighted by Crippen LogP contribution is 2.33. The minimum atomic E-state index is -4.45. The molecule has 0 aliphatic heterocycles. The molecular weight excluding hydrogens is 500 g/mol. The molecule has 0 radical (unpaired) electrons. The van der Waals surface area contributed by atoms with Crippen LogP contribution in [0, 0.1) is 0 Å². The first-order valence-electron chi connectivity index (χ1n) is 9.05. The van der Waals surface area contributed by atoms with Gasteiger partial charge >= 0.3 is 6.18 Å². The number of halogens is 4. The van der Waals surface area contributed by atoms with E-state index in [1.54, 1.807) is 0 Å². The third kappa shape index (κ3) is 8.07. The number of aliphatic imine (C=N–C) groups is 1. The zero-order chi connectivity index (χ0) is 20.6. The summed E-state index contributed by atoms with van der Waals surface area (Å²) < 4.78 is 44.1. The molecule has 0 aliphatic carbocycles. The zero-order valence-electron chi connectivity index (χ0n) is 16.5. The summed E-state index contributed by atoms with van der Waals surface area (Å²) in [5.41, 5.74) is 0.0741. The van der Waals surface area contributed by atoms with E-state index in [4.69, 9.17) is 4.52 Å². The fourth-order valence-electron chi connectivity index (χ4n) is 2.31. The lowest BCUT2D eigenvalue weighted by Crippen LogP contribution is -2.39. The Morgan fingerprint density at radius 2 is 2.00 bits per heavy atom. The molecule has 0 amide bonds. The van der Waals surface area contributed by atoms with E-state index >= 15 is 0 Å². The maximum atomic E-state index is 13.0. The minimum absolute atomic E-state index is 0. The fourth-order valence-corrected chi connectivity index (χ4v) is 2.31. The highest BCUT2D eigenvalue weighted by molar-refractivity contribution is 14.0. The van der Waals surface area contributed by atoms with Crippen molar-refractivity contribution in [3.63, 3.8) is 0 Å². The summed E-state index contributed by atoms with van der Waals surface area (Å²) >= 11 is 0. The van der Waals surface area contributed by atoms with Crippen LogP contribution in [0.2, 0.25) is 0 Å². The Balaban J connectivity index is 0.00000420. The van der Waals surface area contributed by atoms with Crippen LogP contribution in [-0.4, -0.2) is 35.7 Å². The number of guanidine groups is 1. The summed E-state index contributed by atoms with van der Waals surface area (Å²) in [6, 6.07) is 4.12. The summed E-state index contributed by atoms with van der Waals surface area (Å²) in [7, 11) is 0. The zero-order valence-corrected chi connectivity index (χ0v) is 18.8. The van der Waals surface area contributed by atoms with Crippen molar-refractivity contribution >= 4 is 35.8 Å². The number of rotatable bonds is 8.